The van der Waals surface area contributed by atoms with E-state index in [9.17, 15) is 0 Å². The second-order valence-electron chi connectivity index (χ2n) is 5.35. The van der Waals surface area contributed by atoms with E-state index in [4.69, 9.17) is 9.47 Å². The van der Waals surface area contributed by atoms with Crippen molar-refractivity contribution in [1.29, 1.82) is 0 Å². The zero-order valence-electron chi connectivity index (χ0n) is 11.7. The Balaban J connectivity index is 2.52. The number of aromatic nitrogens is 2. The lowest BCUT2D eigenvalue weighted by Gasteiger charge is -2.19. The Morgan fingerprint density at radius 2 is 1.89 bits per heavy atom. The average Bonchev–Trinajstić information content (AvgIpc) is 2.22. The van der Waals surface area contributed by atoms with Crippen LogP contribution in [0, 0.1) is 0 Å². The molecule has 0 unspecified atom stereocenters. The van der Waals surface area contributed by atoms with Gasteiger partial charge in [0.25, 0.3) is 0 Å². The SMILES string of the molecule is CC(C)c1nc(Br)cc(OCCOC(C)(C)C)n1. The smallest absolute Gasteiger partial charge is 0.217 e. The molecular weight excluding hydrogens is 296 g/mol. The second-order valence-corrected chi connectivity index (χ2v) is 6.16. The topological polar surface area (TPSA) is 44.2 Å². The van der Waals surface area contributed by atoms with Crippen LogP contribution >= 0.6 is 15.9 Å². The maximum Gasteiger partial charge on any atom is 0.217 e. The molecule has 102 valence electrons. The fourth-order valence-corrected chi connectivity index (χ4v) is 1.62. The fourth-order valence-electron chi connectivity index (χ4n) is 1.24. The minimum atomic E-state index is -0.140. The van der Waals surface area contributed by atoms with Gasteiger partial charge in [-0.15, -0.1) is 0 Å². The van der Waals surface area contributed by atoms with Crippen LogP contribution in [0.2, 0.25) is 0 Å². The van der Waals surface area contributed by atoms with E-state index in [-0.39, 0.29) is 11.5 Å². The third-order valence-corrected chi connectivity index (χ3v) is 2.48. The van der Waals surface area contributed by atoms with Crippen molar-refractivity contribution in [2.24, 2.45) is 0 Å². The predicted octanol–water partition coefficient (Wildman–Crippen LogP) is 3.56. The van der Waals surface area contributed by atoms with Crippen molar-refractivity contribution in [2.45, 2.75) is 46.1 Å². The van der Waals surface area contributed by atoms with Crippen LogP contribution in [-0.4, -0.2) is 28.8 Å². The summed E-state index contributed by atoms with van der Waals surface area (Å²) in [5, 5.41) is 0. The maximum absolute atomic E-state index is 5.58. The van der Waals surface area contributed by atoms with Crippen LogP contribution in [0.3, 0.4) is 0 Å². The Bertz CT molecular complexity index is 389. The lowest BCUT2D eigenvalue weighted by atomic mass is 10.2. The van der Waals surface area contributed by atoms with Gasteiger partial charge in [-0.25, -0.2) is 4.98 Å². The molecule has 0 N–H and O–H groups in total. The first kappa shape index (κ1) is 15.4. The number of hydrogen-bond acceptors (Lipinski definition) is 4. The van der Waals surface area contributed by atoms with Crippen LogP contribution < -0.4 is 4.74 Å². The van der Waals surface area contributed by atoms with Crippen molar-refractivity contribution in [2.75, 3.05) is 13.2 Å². The molecule has 1 aromatic heterocycles. The molecule has 0 saturated heterocycles. The number of rotatable bonds is 5. The normalized spacial score (nSPS) is 11.9. The summed E-state index contributed by atoms with van der Waals surface area (Å²) in [6.07, 6.45) is 0. The Labute approximate surface area is 117 Å². The molecule has 18 heavy (non-hydrogen) atoms. The van der Waals surface area contributed by atoms with Crippen LogP contribution in [0.4, 0.5) is 0 Å². The summed E-state index contributed by atoms with van der Waals surface area (Å²) in [5.41, 5.74) is -0.140. The third kappa shape index (κ3) is 5.78. The van der Waals surface area contributed by atoms with E-state index in [1.165, 1.54) is 0 Å². The molecule has 0 aliphatic carbocycles. The molecule has 1 heterocycles. The van der Waals surface area contributed by atoms with Crippen molar-refractivity contribution < 1.29 is 9.47 Å². The van der Waals surface area contributed by atoms with Crippen molar-refractivity contribution in [3.05, 3.63) is 16.5 Å². The number of ether oxygens (including phenoxy) is 2. The van der Waals surface area contributed by atoms with Crippen molar-refractivity contribution >= 4 is 15.9 Å². The molecule has 4 nitrogen and oxygen atoms in total. The van der Waals surface area contributed by atoms with E-state index in [1.807, 2.05) is 34.6 Å². The monoisotopic (exact) mass is 316 g/mol. The van der Waals surface area contributed by atoms with Gasteiger partial charge in [-0.2, -0.15) is 4.98 Å². The number of halogens is 1. The summed E-state index contributed by atoms with van der Waals surface area (Å²) in [4.78, 5) is 8.64. The quantitative estimate of drug-likeness (QED) is 0.615. The van der Waals surface area contributed by atoms with E-state index in [0.717, 1.165) is 10.4 Å². The molecule has 1 rings (SSSR count). The van der Waals surface area contributed by atoms with Gasteiger partial charge in [-0.1, -0.05) is 13.8 Å². The Hall–Kier alpha value is -0.680. The highest BCUT2D eigenvalue weighted by atomic mass is 79.9. The second kappa shape index (κ2) is 6.48. The van der Waals surface area contributed by atoms with Gasteiger partial charge in [-0.05, 0) is 36.7 Å². The molecule has 0 aliphatic heterocycles. The van der Waals surface area contributed by atoms with E-state index in [1.54, 1.807) is 6.07 Å². The summed E-state index contributed by atoms with van der Waals surface area (Å²) in [6, 6.07) is 1.77. The summed E-state index contributed by atoms with van der Waals surface area (Å²) in [6.45, 7) is 11.2. The van der Waals surface area contributed by atoms with Gasteiger partial charge in [0.1, 0.15) is 17.0 Å². The lowest BCUT2D eigenvalue weighted by Crippen LogP contribution is -2.22. The van der Waals surface area contributed by atoms with Crippen LogP contribution in [0.25, 0.3) is 0 Å². The first-order valence-electron chi connectivity index (χ1n) is 6.09. The number of nitrogens with zero attached hydrogens (tertiary/aromatic N) is 2. The van der Waals surface area contributed by atoms with Crippen LogP contribution in [0.1, 0.15) is 46.4 Å². The first-order valence-corrected chi connectivity index (χ1v) is 6.88. The van der Waals surface area contributed by atoms with Gasteiger partial charge >= 0.3 is 0 Å². The Kier molecular flexibility index (Phi) is 5.53. The molecule has 0 aliphatic rings. The molecule has 0 radical (unpaired) electrons. The van der Waals surface area contributed by atoms with Gasteiger partial charge in [0, 0.05) is 12.0 Å². The summed E-state index contributed by atoms with van der Waals surface area (Å²) in [5.74, 6) is 1.63. The first-order chi connectivity index (χ1) is 8.28. The molecule has 0 fully saturated rings. The zero-order valence-corrected chi connectivity index (χ0v) is 13.2. The predicted molar refractivity (Wildman–Crippen MR) is 75.0 cm³/mol. The van der Waals surface area contributed by atoms with Crippen molar-refractivity contribution in [1.82, 2.24) is 9.97 Å². The fraction of sp³-hybridized carbons (Fsp3) is 0.692. The highest BCUT2D eigenvalue weighted by Gasteiger charge is 2.10. The molecule has 0 saturated carbocycles. The molecule has 0 spiro atoms. The summed E-state index contributed by atoms with van der Waals surface area (Å²) < 4.78 is 11.9. The van der Waals surface area contributed by atoms with E-state index >= 15 is 0 Å². The van der Waals surface area contributed by atoms with Crippen molar-refractivity contribution in [3.63, 3.8) is 0 Å². The van der Waals surface area contributed by atoms with Gasteiger partial charge in [0.2, 0.25) is 5.88 Å². The summed E-state index contributed by atoms with van der Waals surface area (Å²) in [7, 11) is 0. The van der Waals surface area contributed by atoms with Gasteiger partial charge < -0.3 is 9.47 Å². The van der Waals surface area contributed by atoms with E-state index in [2.05, 4.69) is 25.9 Å². The van der Waals surface area contributed by atoms with Crippen LogP contribution in [0.15, 0.2) is 10.7 Å². The molecule has 1 aromatic rings. The van der Waals surface area contributed by atoms with E-state index in [0.29, 0.717) is 19.1 Å². The molecule has 0 atom stereocenters. The Morgan fingerprint density at radius 3 is 2.44 bits per heavy atom. The highest BCUT2D eigenvalue weighted by Crippen LogP contribution is 2.18. The van der Waals surface area contributed by atoms with E-state index < -0.39 is 0 Å². The zero-order chi connectivity index (χ0) is 13.8. The molecular formula is C13H21BrN2O2. The molecule has 0 amide bonds. The summed E-state index contributed by atoms with van der Waals surface area (Å²) >= 11 is 3.36. The minimum absolute atomic E-state index is 0.140. The average molecular weight is 317 g/mol. The number of hydrogen-bond donors (Lipinski definition) is 0. The maximum atomic E-state index is 5.58. The molecule has 0 aromatic carbocycles. The lowest BCUT2D eigenvalue weighted by molar-refractivity contribution is -0.0168. The van der Waals surface area contributed by atoms with Gasteiger partial charge in [0.15, 0.2) is 0 Å². The van der Waals surface area contributed by atoms with Crippen LogP contribution in [0.5, 0.6) is 5.88 Å². The minimum Gasteiger partial charge on any atom is -0.475 e. The van der Waals surface area contributed by atoms with Crippen molar-refractivity contribution in [3.8, 4) is 5.88 Å². The standard InChI is InChI=1S/C13H21BrN2O2/c1-9(2)12-15-10(14)8-11(16-12)17-6-7-18-13(3,4)5/h8-9H,6-7H2,1-5H3. The molecule has 5 heteroatoms. The molecule has 0 bridgehead atoms. The van der Waals surface area contributed by atoms with Gasteiger partial charge in [0.05, 0.1) is 12.2 Å². The van der Waals surface area contributed by atoms with Crippen LogP contribution in [-0.2, 0) is 4.74 Å². The Morgan fingerprint density at radius 1 is 1.22 bits per heavy atom. The highest BCUT2D eigenvalue weighted by molar-refractivity contribution is 9.10. The largest absolute Gasteiger partial charge is 0.475 e. The van der Waals surface area contributed by atoms with Gasteiger partial charge in [-0.3, -0.25) is 0 Å². The third-order valence-electron chi connectivity index (χ3n) is 2.07.